The van der Waals surface area contributed by atoms with Gasteiger partial charge in [-0.1, -0.05) is 35.8 Å². The van der Waals surface area contributed by atoms with E-state index in [1.165, 1.54) is 0 Å². The van der Waals surface area contributed by atoms with E-state index in [1.807, 2.05) is 32.0 Å². The molecule has 1 amide bonds. The largest absolute Gasteiger partial charge is 0.374 e. The molecule has 0 aromatic heterocycles. The van der Waals surface area contributed by atoms with Gasteiger partial charge in [-0.15, -0.1) is 0 Å². The van der Waals surface area contributed by atoms with Crippen LogP contribution in [0.15, 0.2) is 22.7 Å². The third-order valence-corrected chi connectivity index (χ3v) is 3.79. The number of hydrogen-bond donors (Lipinski definition) is 2. The number of nitrogens with one attached hydrogen (secondary N) is 2. The standard InChI is InChI=1S/C15H23BrN2O/c1-5-13(6-2)18-15(19)11(4)17-14-9-12(16)8-7-10(14)3/h7-9,11,13,17H,5-6H2,1-4H3,(H,18,19). The fourth-order valence-corrected chi connectivity index (χ4v) is 2.23. The van der Waals surface area contributed by atoms with Crippen LogP contribution in [0.4, 0.5) is 5.69 Å². The Morgan fingerprint density at radius 2 is 1.95 bits per heavy atom. The molecule has 0 fully saturated rings. The van der Waals surface area contributed by atoms with Gasteiger partial charge in [-0.2, -0.15) is 0 Å². The fourth-order valence-electron chi connectivity index (χ4n) is 1.87. The molecule has 1 aromatic carbocycles. The van der Waals surface area contributed by atoms with Crippen molar-refractivity contribution >= 4 is 27.5 Å². The summed E-state index contributed by atoms with van der Waals surface area (Å²) in [4.78, 5) is 12.1. The molecule has 0 aliphatic carbocycles. The lowest BCUT2D eigenvalue weighted by Gasteiger charge is -2.21. The van der Waals surface area contributed by atoms with Gasteiger partial charge in [0.15, 0.2) is 0 Å². The van der Waals surface area contributed by atoms with Crippen LogP contribution in [0.1, 0.15) is 39.2 Å². The SMILES string of the molecule is CCC(CC)NC(=O)C(C)Nc1cc(Br)ccc1C. The molecular weight excluding hydrogens is 304 g/mol. The maximum Gasteiger partial charge on any atom is 0.242 e. The minimum absolute atomic E-state index is 0.0491. The first kappa shape index (κ1) is 16.0. The van der Waals surface area contributed by atoms with Crippen LogP contribution in [-0.4, -0.2) is 18.0 Å². The summed E-state index contributed by atoms with van der Waals surface area (Å²) in [5.74, 6) is 0.0491. The lowest BCUT2D eigenvalue weighted by atomic mass is 10.1. The maximum atomic E-state index is 12.1. The number of amides is 1. The Balaban J connectivity index is 2.65. The number of hydrogen-bond acceptors (Lipinski definition) is 2. The van der Waals surface area contributed by atoms with Crippen molar-refractivity contribution in [2.24, 2.45) is 0 Å². The molecule has 0 spiro atoms. The lowest BCUT2D eigenvalue weighted by molar-refractivity contribution is -0.122. The molecule has 0 aliphatic heterocycles. The van der Waals surface area contributed by atoms with Crippen molar-refractivity contribution in [3.05, 3.63) is 28.2 Å². The van der Waals surface area contributed by atoms with Gasteiger partial charge in [0.2, 0.25) is 5.91 Å². The van der Waals surface area contributed by atoms with Gasteiger partial charge in [0.25, 0.3) is 0 Å². The third-order valence-electron chi connectivity index (χ3n) is 3.30. The summed E-state index contributed by atoms with van der Waals surface area (Å²) in [6, 6.07) is 6.04. The first-order chi connectivity index (χ1) is 8.97. The molecule has 2 N–H and O–H groups in total. The van der Waals surface area contributed by atoms with Crippen molar-refractivity contribution in [2.75, 3.05) is 5.32 Å². The van der Waals surface area contributed by atoms with E-state index in [0.29, 0.717) is 0 Å². The van der Waals surface area contributed by atoms with Gasteiger partial charge >= 0.3 is 0 Å². The summed E-state index contributed by atoms with van der Waals surface area (Å²) in [6.45, 7) is 8.09. The van der Waals surface area contributed by atoms with Gasteiger partial charge in [-0.25, -0.2) is 0 Å². The van der Waals surface area contributed by atoms with E-state index in [-0.39, 0.29) is 18.0 Å². The molecule has 0 saturated heterocycles. The second-order valence-electron chi connectivity index (χ2n) is 4.85. The summed E-state index contributed by atoms with van der Waals surface area (Å²) in [5.41, 5.74) is 2.12. The molecule has 0 radical (unpaired) electrons. The minimum atomic E-state index is -0.242. The van der Waals surface area contributed by atoms with Gasteiger partial charge < -0.3 is 10.6 Å². The molecule has 3 nitrogen and oxygen atoms in total. The van der Waals surface area contributed by atoms with E-state index in [0.717, 1.165) is 28.6 Å². The number of halogens is 1. The number of carbonyl (C=O) groups is 1. The zero-order chi connectivity index (χ0) is 14.4. The lowest BCUT2D eigenvalue weighted by Crippen LogP contribution is -2.42. The first-order valence-corrected chi connectivity index (χ1v) is 7.60. The van der Waals surface area contributed by atoms with Crippen LogP contribution in [0.3, 0.4) is 0 Å². The Morgan fingerprint density at radius 1 is 1.32 bits per heavy atom. The Bertz CT molecular complexity index is 430. The highest BCUT2D eigenvalue weighted by Gasteiger charge is 2.16. The Labute approximate surface area is 124 Å². The van der Waals surface area contributed by atoms with Gasteiger partial charge in [-0.3, -0.25) is 4.79 Å². The minimum Gasteiger partial charge on any atom is -0.374 e. The van der Waals surface area contributed by atoms with E-state index < -0.39 is 0 Å². The molecule has 1 aromatic rings. The van der Waals surface area contributed by atoms with E-state index in [2.05, 4.69) is 40.4 Å². The zero-order valence-electron chi connectivity index (χ0n) is 12.1. The predicted molar refractivity (Wildman–Crippen MR) is 84.5 cm³/mol. The highest BCUT2D eigenvalue weighted by molar-refractivity contribution is 9.10. The molecule has 106 valence electrons. The van der Waals surface area contributed by atoms with Crippen molar-refractivity contribution < 1.29 is 4.79 Å². The summed E-state index contributed by atoms with van der Waals surface area (Å²) >= 11 is 3.45. The van der Waals surface area contributed by atoms with Crippen LogP contribution in [0, 0.1) is 6.92 Å². The quantitative estimate of drug-likeness (QED) is 0.833. The maximum absolute atomic E-state index is 12.1. The zero-order valence-corrected chi connectivity index (χ0v) is 13.7. The predicted octanol–water partition coefficient (Wildman–Crippen LogP) is 3.86. The molecule has 0 saturated carbocycles. The second kappa shape index (κ2) is 7.53. The Morgan fingerprint density at radius 3 is 2.53 bits per heavy atom. The smallest absolute Gasteiger partial charge is 0.242 e. The Kier molecular flexibility index (Phi) is 6.35. The normalized spacial score (nSPS) is 12.3. The van der Waals surface area contributed by atoms with E-state index in [1.54, 1.807) is 0 Å². The van der Waals surface area contributed by atoms with Crippen LogP contribution in [0.2, 0.25) is 0 Å². The summed E-state index contributed by atoms with van der Waals surface area (Å²) in [7, 11) is 0. The van der Waals surface area contributed by atoms with E-state index >= 15 is 0 Å². The molecular formula is C15H23BrN2O. The first-order valence-electron chi connectivity index (χ1n) is 6.81. The number of aryl methyl sites for hydroxylation is 1. The second-order valence-corrected chi connectivity index (χ2v) is 5.76. The number of anilines is 1. The topological polar surface area (TPSA) is 41.1 Å². The van der Waals surface area contributed by atoms with Crippen molar-refractivity contribution in [3.8, 4) is 0 Å². The Hall–Kier alpha value is -1.03. The third kappa shape index (κ3) is 4.86. The molecule has 1 rings (SSSR count). The van der Waals surface area contributed by atoms with Crippen molar-refractivity contribution in [1.82, 2.24) is 5.32 Å². The van der Waals surface area contributed by atoms with Crippen LogP contribution < -0.4 is 10.6 Å². The van der Waals surface area contributed by atoms with Gasteiger partial charge in [0.1, 0.15) is 6.04 Å². The highest BCUT2D eigenvalue weighted by Crippen LogP contribution is 2.21. The molecule has 4 heteroatoms. The average molecular weight is 327 g/mol. The molecule has 1 unspecified atom stereocenters. The van der Waals surface area contributed by atoms with Crippen LogP contribution in [0.5, 0.6) is 0 Å². The van der Waals surface area contributed by atoms with Gasteiger partial charge in [0.05, 0.1) is 0 Å². The van der Waals surface area contributed by atoms with Crippen molar-refractivity contribution in [1.29, 1.82) is 0 Å². The fraction of sp³-hybridized carbons (Fsp3) is 0.533. The molecule has 1 atom stereocenters. The summed E-state index contributed by atoms with van der Waals surface area (Å²) in [5, 5.41) is 6.32. The van der Waals surface area contributed by atoms with E-state index in [9.17, 15) is 4.79 Å². The van der Waals surface area contributed by atoms with Gasteiger partial charge in [-0.05, 0) is 44.4 Å². The van der Waals surface area contributed by atoms with E-state index in [4.69, 9.17) is 0 Å². The average Bonchev–Trinajstić information content (AvgIpc) is 2.39. The van der Waals surface area contributed by atoms with Crippen LogP contribution >= 0.6 is 15.9 Å². The number of rotatable bonds is 6. The van der Waals surface area contributed by atoms with Gasteiger partial charge in [0, 0.05) is 16.2 Å². The monoisotopic (exact) mass is 326 g/mol. The summed E-state index contributed by atoms with van der Waals surface area (Å²) < 4.78 is 1.01. The molecule has 0 aliphatic rings. The number of carbonyl (C=O) groups excluding carboxylic acids is 1. The highest BCUT2D eigenvalue weighted by atomic mass is 79.9. The van der Waals surface area contributed by atoms with Crippen LogP contribution in [0.25, 0.3) is 0 Å². The molecule has 0 bridgehead atoms. The number of benzene rings is 1. The van der Waals surface area contributed by atoms with Crippen molar-refractivity contribution in [2.45, 2.75) is 52.6 Å². The molecule has 19 heavy (non-hydrogen) atoms. The summed E-state index contributed by atoms with van der Waals surface area (Å²) in [6.07, 6.45) is 1.93. The van der Waals surface area contributed by atoms with Crippen molar-refractivity contribution in [3.63, 3.8) is 0 Å². The molecule has 0 heterocycles. The van der Waals surface area contributed by atoms with Crippen LogP contribution in [-0.2, 0) is 4.79 Å².